The zero-order valence-corrected chi connectivity index (χ0v) is 10.7. The van der Waals surface area contributed by atoms with Gasteiger partial charge in [-0.15, -0.1) is 0 Å². The lowest BCUT2D eigenvalue weighted by molar-refractivity contribution is 0.561. The van der Waals surface area contributed by atoms with E-state index in [1.807, 2.05) is 52.8 Å². The summed E-state index contributed by atoms with van der Waals surface area (Å²) in [5, 5.41) is 0.967. The second kappa shape index (κ2) is 7.69. The van der Waals surface area contributed by atoms with Crippen LogP contribution >= 0.6 is 0 Å². The van der Waals surface area contributed by atoms with E-state index in [0.717, 1.165) is 10.9 Å². The minimum Gasteiger partial charge on any atom is -0.423 e. The summed E-state index contributed by atoms with van der Waals surface area (Å²) in [6.45, 7) is 10.0. The number of benzene rings is 1. The highest BCUT2D eigenvalue weighted by Gasteiger charge is 1.95. The molecule has 2 aromatic rings. The van der Waals surface area contributed by atoms with Gasteiger partial charge in [0.1, 0.15) is 5.58 Å². The lowest BCUT2D eigenvalue weighted by atomic mass is 10.2. The molecular formula is C14H20O2. The van der Waals surface area contributed by atoms with Crippen LogP contribution in [0.1, 0.15) is 33.3 Å². The molecule has 0 aliphatic heterocycles. The van der Waals surface area contributed by atoms with E-state index in [2.05, 4.69) is 0 Å². The summed E-state index contributed by atoms with van der Waals surface area (Å²) in [5.74, 6) is 0. The molecule has 0 N–H and O–H groups in total. The molecule has 0 atom stereocenters. The highest BCUT2D eigenvalue weighted by Crippen LogP contribution is 2.12. The van der Waals surface area contributed by atoms with Gasteiger partial charge >= 0.3 is 5.63 Å². The van der Waals surface area contributed by atoms with Crippen LogP contribution in [-0.2, 0) is 0 Å². The highest BCUT2D eigenvalue weighted by atomic mass is 16.4. The first kappa shape index (κ1) is 14.4. The Hall–Kier alpha value is -1.57. The van der Waals surface area contributed by atoms with Gasteiger partial charge in [-0.1, -0.05) is 39.3 Å². The lowest BCUT2D eigenvalue weighted by Gasteiger charge is -1.95. The minimum atomic E-state index is -0.300. The Morgan fingerprint density at radius 1 is 0.938 bits per heavy atom. The van der Waals surface area contributed by atoms with Crippen LogP contribution in [0.2, 0.25) is 0 Å². The fourth-order valence-corrected chi connectivity index (χ4v) is 1.19. The second-order valence-electron chi connectivity index (χ2n) is 2.80. The van der Waals surface area contributed by atoms with Gasteiger partial charge in [-0.3, -0.25) is 0 Å². The first-order chi connectivity index (χ1) is 7.75. The Balaban J connectivity index is 0.000000509. The van der Waals surface area contributed by atoms with E-state index in [4.69, 9.17) is 4.42 Å². The van der Waals surface area contributed by atoms with Crippen molar-refractivity contribution >= 4 is 11.0 Å². The molecule has 88 valence electrons. The number of fused-ring (bicyclic) bond motifs is 1. The zero-order chi connectivity index (χ0) is 12.6. The van der Waals surface area contributed by atoms with Crippen molar-refractivity contribution in [1.82, 2.24) is 0 Å². The van der Waals surface area contributed by atoms with Crippen LogP contribution in [0.25, 0.3) is 11.0 Å². The van der Waals surface area contributed by atoms with Crippen molar-refractivity contribution in [3.05, 3.63) is 46.3 Å². The predicted octanol–water partition coefficient (Wildman–Crippen LogP) is 4.15. The lowest BCUT2D eigenvalue weighted by Crippen LogP contribution is -1.93. The Labute approximate surface area is 96.9 Å². The summed E-state index contributed by atoms with van der Waals surface area (Å²) in [4.78, 5) is 10.8. The van der Waals surface area contributed by atoms with Gasteiger partial charge in [0, 0.05) is 11.5 Å². The third kappa shape index (κ3) is 3.89. The van der Waals surface area contributed by atoms with Crippen molar-refractivity contribution < 1.29 is 4.42 Å². The molecule has 2 nitrogen and oxygen atoms in total. The number of hydrogen-bond donors (Lipinski definition) is 0. The summed E-state index contributed by atoms with van der Waals surface area (Å²) < 4.78 is 4.96. The van der Waals surface area contributed by atoms with E-state index < -0.39 is 0 Å². The van der Waals surface area contributed by atoms with E-state index in [1.54, 1.807) is 6.07 Å². The van der Waals surface area contributed by atoms with Crippen molar-refractivity contribution in [3.63, 3.8) is 0 Å². The van der Waals surface area contributed by atoms with E-state index in [9.17, 15) is 4.79 Å². The maximum absolute atomic E-state index is 10.8. The van der Waals surface area contributed by atoms with Crippen LogP contribution in [0.5, 0.6) is 0 Å². The molecule has 2 rings (SSSR count). The van der Waals surface area contributed by atoms with Crippen molar-refractivity contribution in [1.29, 1.82) is 0 Å². The van der Waals surface area contributed by atoms with Crippen LogP contribution in [0.4, 0.5) is 0 Å². The van der Waals surface area contributed by atoms with E-state index >= 15 is 0 Å². The molecule has 1 aromatic heterocycles. The van der Waals surface area contributed by atoms with Gasteiger partial charge in [0.15, 0.2) is 0 Å². The molecule has 2 heteroatoms. The summed E-state index contributed by atoms with van der Waals surface area (Å²) in [6, 6.07) is 8.92. The summed E-state index contributed by atoms with van der Waals surface area (Å²) in [7, 11) is 0. The Bertz CT molecular complexity index is 469. The fourth-order valence-electron chi connectivity index (χ4n) is 1.19. The smallest absolute Gasteiger partial charge is 0.336 e. The third-order valence-corrected chi connectivity index (χ3v) is 1.77. The molecule has 1 heterocycles. The number of hydrogen-bond acceptors (Lipinski definition) is 2. The Kier molecular flexibility index (Phi) is 6.93. The van der Waals surface area contributed by atoms with E-state index in [-0.39, 0.29) is 5.63 Å². The van der Waals surface area contributed by atoms with E-state index in [1.165, 1.54) is 6.07 Å². The average molecular weight is 220 g/mol. The normalized spacial score (nSPS) is 8.56. The van der Waals surface area contributed by atoms with Crippen LogP contribution in [-0.4, -0.2) is 0 Å². The summed E-state index contributed by atoms with van der Waals surface area (Å²) >= 11 is 0. The quantitative estimate of drug-likeness (QED) is 0.624. The number of aryl methyl sites for hydroxylation is 1. The molecule has 0 saturated carbocycles. The highest BCUT2D eigenvalue weighted by molar-refractivity contribution is 5.76. The molecule has 0 aliphatic carbocycles. The van der Waals surface area contributed by atoms with Crippen LogP contribution in [0.3, 0.4) is 0 Å². The van der Waals surface area contributed by atoms with Gasteiger partial charge in [-0.2, -0.15) is 0 Å². The van der Waals surface area contributed by atoms with Crippen LogP contribution in [0.15, 0.2) is 39.5 Å². The molecule has 1 aromatic carbocycles. The van der Waals surface area contributed by atoms with Gasteiger partial charge in [0.05, 0.1) is 0 Å². The van der Waals surface area contributed by atoms with E-state index in [0.29, 0.717) is 5.58 Å². The molecule has 0 unspecified atom stereocenters. The van der Waals surface area contributed by atoms with Gasteiger partial charge in [0.2, 0.25) is 0 Å². The first-order valence-corrected chi connectivity index (χ1v) is 5.76. The SMILES string of the molecule is CC.CC.Cc1ccc2oc(=O)ccc2c1. The molecule has 0 amide bonds. The van der Waals surface area contributed by atoms with Crippen LogP contribution < -0.4 is 5.63 Å². The standard InChI is InChI=1S/C10H8O2.2C2H6/c1-7-2-4-9-8(6-7)3-5-10(11)12-9;2*1-2/h2-6H,1H3;2*1-2H3. The molecule has 0 fully saturated rings. The molecule has 0 aliphatic rings. The summed E-state index contributed by atoms with van der Waals surface area (Å²) in [5.41, 5.74) is 1.51. The maximum Gasteiger partial charge on any atom is 0.336 e. The van der Waals surface area contributed by atoms with Crippen molar-refractivity contribution in [3.8, 4) is 0 Å². The summed E-state index contributed by atoms with van der Waals surface area (Å²) in [6.07, 6.45) is 0. The third-order valence-electron chi connectivity index (χ3n) is 1.77. The Morgan fingerprint density at radius 2 is 1.56 bits per heavy atom. The molecule has 16 heavy (non-hydrogen) atoms. The van der Waals surface area contributed by atoms with Gasteiger partial charge in [-0.05, 0) is 25.1 Å². The van der Waals surface area contributed by atoms with Gasteiger partial charge < -0.3 is 4.42 Å². The van der Waals surface area contributed by atoms with Crippen molar-refractivity contribution in [2.24, 2.45) is 0 Å². The fraction of sp³-hybridized carbons (Fsp3) is 0.357. The van der Waals surface area contributed by atoms with Gasteiger partial charge in [0.25, 0.3) is 0 Å². The zero-order valence-electron chi connectivity index (χ0n) is 10.7. The van der Waals surface area contributed by atoms with Gasteiger partial charge in [-0.25, -0.2) is 4.79 Å². The monoisotopic (exact) mass is 220 g/mol. The maximum atomic E-state index is 10.8. The molecule has 0 saturated heterocycles. The topological polar surface area (TPSA) is 30.2 Å². The minimum absolute atomic E-state index is 0.300. The number of rotatable bonds is 0. The van der Waals surface area contributed by atoms with Crippen molar-refractivity contribution in [2.45, 2.75) is 34.6 Å². The van der Waals surface area contributed by atoms with Crippen LogP contribution in [0, 0.1) is 6.92 Å². The largest absolute Gasteiger partial charge is 0.423 e. The second-order valence-corrected chi connectivity index (χ2v) is 2.80. The molecular weight excluding hydrogens is 200 g/mol. The average Bonchev–Trinajstić information content (AvgIpc) is 2.35. The Morgan fingerprint density at radius 3 is 2.19 bits per heavy atom. The van der Waals surface area contributed by atoms with Crippen molar-refractivity contribution in [2.75, 3.05) is 0 Å². The predicted molar refractivity (Wildman–Crippen MR) is 69.9 cm³/mol. The first-order valence-electron chi connectivity index (χ1n) is 5.76. The molecule has 0 spiro atoms. The molecule has 0 bridgehead atoms. The molecule has 0 radical (unpaired) electrons.